The second kappa shape index (κ2) is 4.17. The highest BCUT2D eigenvalue weighted by Crippen LogP contribution is 2.13. The Bertz CT molecular complexity index is 201. The van der Waals surface area contributed by atoms with Gasteiger partial charge in [0.2, 0.25) is 0 Å². The first-order valence-electron chi connectivity index (χ1n) is 4.22. The first-order chi connectivity index (χ1) is 5.25. The van der Waals surface area contributed by atoms with Gasteiger partial charge in [0.05, 0.1) is 4.75 Å². The number of nitrogens with zero attached hydrogens (tertiary/aromatic N) is 1. The lowest BCUT2D eigenvalue weighted by Crippen LogP contribution is -2.21. The molecule has 0 rings (SSSR count). The average molecular weight is 189 g/mol. The molecule has 0 heterocycles. The van der Waals surface area contributed by atoms with Gasteiger partial charge in [-0.25, -0.2) is 4.21 Å². The normalized spacial score (nSPS) is 16.8. The van der Waals surface area contributed by atoms with Gasteiger partial charge in [0.25, 0.3) is 0 Å². The van der Waals surface area contributed by atoms with E-state index in [0.29, 0.717) is 5.92 Å². The molecular weight excluding hydrogens is 170 g/mol. The lowest BCUT2D eigenvalue weighted by atomic mass is 10.1. The second-order valence-corrected chi connectivity index (χ2v) is 6.15. The molecule has 0 saturated heterocycles. The minimum absolute atomic E-state index is 0.240. The molecule has 0 spiro atoms. The van der Waals surface area contributed by atoms with Crippen LogP contribution in [0.2, 0.25) is 0 Å². The van der Waals surface area contributed by atoms with Crippen molar-refractivity contribution in [3.05, 3.63) is 0 Å². The smallest absolute Gasteiger partial charge is 0.144 e. The Morgan fingerprint density at radius 1 is 1.33 bits per heavy atom. The first-order valence-corrected chi connectivity index (χ1v) is 5.33. The molecule has 1 atom stereocenters. The molecule has 0 fully saturated rings. The van der Waals surface area contributed by atoms with Gasteiger partial charge >= 0.3 is 0 Å². The summed E-state index contributed by atoms with van der Waals surface area (Å²) < 4.78 is 15.4. The largest absolute Gasteiger partial charge is 0.234 e. The topological polar surface area (TPSA) is 29.4 Å². The monoisotopic (exact) mass is 189 g/mol. The fourth-order valence-electron chi connectivity index (χ4n) is 0.373. The molecule has 0 aromatic heterocycles. The third-order valence-electron chi connectivity index (χ3n) is 1.59. The fraction of sp³-hybridized carbons (Fsp3) is 0.889. The van der Waals surface area contributed by atoms with Gasteiger partial charge in [-0.15, -0.1) is 0 Å². The van der Waals surface area contributed by atoms with E-state index in [9.17, 15) is 4.21 Å². The zero-order valence-electron chi connectivity index (χ0n) is 8.84. The van der Waals surface area contributed by atoms with Gasteiger partial charge in [0.1, 0.15) is 11.0 Å². The van der Waals surface area contributed by atoms with Crippen molar-refractivity contribution in [3.8, 4) is 0 Å². The van der Waals surface area contributed by atoms with Crippen LogP contribution in [0.4, 0.5) is 0 Å². The Morgan fingerprint density at radius 2 is 1.75 bits per heavy atom. The highest BCUT2D eigenvalue weighted by atomic mass is 32.2. The zero-order valence-corrected chi connectivity index (χ0v) is 9.66. The minimum Gasteiger partial charge on any atom is -0.234 e. The van der Waals surface area contributed by atoms with Crippen molar-refractivity contribution in [2.45, 2.75) is 46.3 Å². The molecule has 0 bridgehead atoms. The first kappa shape index (κ1) is 11.8. The van der Waals surface area contributed by atoms with E-state index in [2.05, 4.69) is 18.2 Å². The summed E-state index contributed by atoms with van der Waals surface area (Å²) in [6.07, 6.45) is 0. The van der Waals surface area contributed by atoms with Crippen LogP contribution in [0, 0.1) is 5.92 Å². The molecule has 0 aliphatic heterocycles. The van der Waals surface area contributed by atoms with Crippen molar-refractivity contribution >= 4 is 16.7 Å². The second-order valence-electron chi connectivity index (χ2n) is 4.25. The maximum Gasteiger partial charge on any atom is 0.144 e. The SMILES string of the molecule is CC(=N[S@@](=O)C(C)(C)C)C(C)C. The third kappa shape index (κ3) is 4.00. The van der Waals surface area contributed by atoms with Crippen LogP contribution in [0.25, 0.3) is 0 Å². The Morgan fingerprint density at radius 3 is 2.00 bits per heavy atom. The number of hydrogen-bond donors (Lipinski definition) is 0. The molecule has 0 aromatic rings. The van der Waals surface area contributed by atoms with E-state index in [0.717, 1.165) is 5.71 Å². The van der Waals surface area contributed by atoms with Gasteiger partial charge in [-0.3, -0.25) is 0 Å². The van der Waals surface area contributed by atoms with E-state index >= 15 is 0 Å². The lowest BCUT2D eigenvalue weighted by Gasteiger charge is -2.14. The maximum atomic E-state index is 11.5. The molecule has 12 heavy (non-hydrogen) atoms. The molecular formula is C9H19NOS. The average Bonchev–Trinajstić information content (AvgIpc) is 1.85. The van der Waals surface area contributed by atoms with E-state index in [1.165, 1.54) is 0 Å². The van der Waals surface area contributed by atoms with Crippen LogP contribution >= 0.6 is 0 Å². The lowest BCUT2D eigenvalue weighted by molar-refractivity contribution is 0.650. The summed E-state index contributed by atoms with van der Waals surface area (Å²) in [6.45, 7) is 11.8. The predicted octanol–water partition coefficient (Wildman–Crippen LogP) is 2.57. The third-order valence-corrected chi connectivity index (χ3v) is 3.09. The molecule has 0 amide bonds. The van der Waals surface area contributed by atoms with Gasteiger partial charge in [-0.1, -0.05) is 13.8 Å². The van der Waals surface area contributed by atoms with Gasteiger partial charge in [-0.2, -0.15) is 4.40 Å². The Kier molecular flexibility index (Phi) is 4.11. The summed E-state index contributed by atoms with van der Waals surface area (Å²) >= 11 is 0. The molecule has 0 aliphatic rings. The van der Waals surface area contributed by atoms with Crippen LogP contribution in [0.1, 0.15) is 41.5 Å². The molecule has 72 valence electrons. The molecule has 0 aliphatic carbocycles. The Balaban J connectivity index is 4.46. The van der Waals surface area contributed by atoms with Crippen LogP contribution < -0.4 is 0 Å². The Labute approximate surface area is 78.1 Å². The van der Waals surface area contributed by atoms with Crippen LogP contribution in [0.5, 0.6) is 0 Å². The van der Waals surface area contributed by atoms with Gasteiger partial charge in [0, 0.05) is 5.71 Å². The van der Waals surface area contributed by atoms with Crippen LogP contribution in [0.3, 0.4) is 0 Å². The quantitative estimate of drug-likeness (QED) is 0.614. The summed E-state index contributed by atoms with van der Waals surface area (Å²) in [6, 6.07) is 0. The van der Waals surface area contributed by atoms with Crippen molar-refractivity contribution in [1.82, 2.24) is 0 Å². The molecule has 2 nitrogen and oxygen atoms in total. The standard InChI is InChI=1S/C9H19NOS/c1-7(2)8(3)10-12(11)9(4,5)6/h7H,1-6H3/t12-/m0/s1. The molecule has 0 aromatic carbocycles. The van der Waals surface area contributed by atoms with Crippen LogP contribution in [-0.2, 0) is 11.0 Å². The van der Waals surface area contributed by atoms with E-state index in [1.807, 2.05) is 27.7 Å². The molecule has 0 saturated carbocycles. The van der Waals surface area contributed by atoms with Crippen LogP contribution in [0.15, 0.2) is 4.40 Å². The van der Waals surface area contributed by atoms with Crippen molar-refractivity contribution in [3.63, 3.8) is 0 Å². The van der Waals surface area contributed by atoms with Crippen molar-refractivity contribution in [2.75, 3.05) is 0 Å². The summed E-state index contributed by atoms with van der Waals surface area (Å²) in [5, 5.41) is 0. The van der Waals surface area contributed by atoms with E-state index < -0.39 is 11.0 Å². The zero-order chi connectivity index (χ0) is 9.94. The van der Waals surface area contributed by atoms with Crippen molar-refractivity contribution in [2.24, 2.45) is 10.3 Å². The maximum absolute atomic E-state index is 11.5. The fourth-order valence-corrected chi connectivity index (χ4v) is 1.12. The minimum atomic E-state index is -1.10. The molecule has 0 unspecified atom stereocenters. The highest BCUT2D eigenvalue weighted by molar-refractivity contribution is 7.85. The van der Waals surface area contributed by atoms with Crippen molar-refractivity contribution < 1.29 is 4.21 Å². The summed E-state index contributed by atoms with van der Waals surface area (Å²) in [7, 11) is -1.10. The Hall–Kier alpha value is -0.180. The number of rotatable bonds is 2. The van der Waals surface area contributed by atoms with Crippen LogP contribution in [-0.4, -0.2) is 14.7 Å². The summed E-state index contributed by atoms with van der Waals surface area (Å²) in [5.74, 6) is 0.385. The summed E-state index contributed by atoms with van der Waals surface area (Å²) in [5.41, 5.74) is 0.961. The van der Waals surface area contributed by atoms with Gasteiger partial charge < -0.3 is 0 Å². The highest BCUT2D eigenvalue weighted by Gasteiger charge is 2.19. The molecule has 0 radical (unpaired) electrons. The summed E-state index contributed by atoms with van der Waals surface area (Å²) in [4.78, 5) is 0. The predicted molar refractivity (Wildman–Crippen MR) is 55.8 cm³/mol. The molecule has 3 heteroatoms. The van der Waals surface area contributed by atoms with E-state index in [-0.39, 0.29) is 4.75 Å². The number of hydrogen-bond acceptors (Lipinski definition) is 1. The van der Waals surface area contributed by atoms with Crippen molar-refractivity contribution in [1.29, 1.82) is 0 Å². The van der Waals surface area contributed by atoms with E-state index in [1.54, 1.807) is 0 Å². The van der Waals surface area contributed by atoms with E-state index in [4.69, 9.17) is 0 Å². The van der Waals surface area contributed by atoms with Gasteiger partial charge in [-0.05, 0) is 33.6 Å². The molecule has 0 N–H and O–H groups in total. The van der Waals surface area contributed by atoms with Gasteiger partial charge in [0.15, 0.2) is 0 Å².